The number of hydrogen-bond donors (Lipinski definition) is 0. The minimum absolute atomic E-state index is 0.317. The fraction of sp³-hybridized carbons (Fsp3) is 0.444. The standard InChI is InChI=1S/C9H11AsF3N/c1-2-7(10)6-3-4-8(14-5-6)9(11,12)13/h3-5,7H,2,10H2,1H3/t7-/m1/s1. The van der Waals surface area contributed by atoms with Gasteiger partial charge in [0, 0.05) is 0 Å². The van der Waals surface area contributed by atoms with E-state index in [0.29, 0.717) is 4.71 Å². The summed E-state index contributed by atoms with van der Waals surface area (Å²) < 4.78 is 36.7. The average molecular weight is 265 g/mol. The Balaban J connectivity index is 2.89. The van der Waals surface area contributed by atoms with Crippen LogP contribution in [0.3, 0.4) is 0 Å². The Morgan fingerprint density at radius 3 is 2.43 bits per heavy atom. The van der Waals surface area contributed by atoms with Crippen molar-refractivity contribution in [2.75, 3.05) is 0 Å². The second-order valence-corrected chi connectivity index (χ2v) is 4.68. The van der Waals surface area contributed by atoms with Crippen LogP contribution in [0, 0.1) is 0 Å². The second kappa shape index (κ2) is 4.35. The van der Waals surface area contributed by atoms with Crippen LogP contribution >= 0.6 is 0 Å². The molecule has 14 heavy (non-hydrogen) atoms. The van der Waals surface area contributed by atoms with Gasteiger partial charge in [-0.1, -0.05) is 0 Å². The first kappa shape index (κ1) is 11.6. The molecule has 78 valence electrons. The van der Waals surface area contributed by atoms with Gasteiger partial charge in [-0.2, -0.15) is 0 Å². The van der Waals surface area contributed by atoms with E-state index in [1.807, 2.05) is 6.92 Å². The summed E-state index contributed by atoms with van der Waals surface area (Å²) in [4.78, 5) is 3.40. The van der Waals surface area contributed by atoms with Gasteiger partial charge in [-0.3, -0.25) is 0 Å². The van der Waals surface area contributed by atoms with E-state index in [-0.39, 0.29) is 0 Å². The zero-order valence-corrected chi connectivity index (χ0v) is 10.1. The SMILES string of the molecule is CC[C@@H]([AsH2])c1ccc(C(F)(F)F)nc1. The van der Waals surface area contributed by atoms with Crippen molar-refractivity contribution in [2.45, 2.75) is 24.2 Å². The van der Waals surface area contributed by atoms with Gasteiger partial charge in [0.05, 0.1) is 0 Å². The summed E-state index contributed by atoms with van der Waals surface area (Å²) >= 11 is 1.50. The molecule has 0 spiro atoms. The van der Waals surface area contributed by atoms with Crippen LogP contribution in [0.2, 0.25) is 0 Å². The van der Waals surface area contributed by atoms with Gasteiger partial charge in [0.2, 0.25) is 0 Å². The van der Waals surface area contributed by atoms with Crippen molar-refractivity contribution in [1.29, 1.82) is 0 Å². The van der Waals surface area contributed by atoms with E-state index in [1.54, 1.807) is 0 Å². The summed E-state index contributed by atoms with van der Waals surface area (Å²) in [5.41, 5.74) is 0.0533. The van der Waals surface area contributed by atoms with Gasteiger partial charge in [0.1, 0.15) is 0 Å². The first-order chi connectivity index (χ1) is 6.45. The maximum absolute atomic E-state index is 12.1. The Morgan fingerprint density at radius 1 is 1.43 bits per heavy atom. The van der Waals surface area contributed by atoms with E-state index in [2.05, 4.69) is 4.98 Å². The van der Waals surface area contributed by atoms with Crippen LogP contribution in [0.1, 0.15) is 29.3 Å². The Kier molecular flexibility index (Phi) is 3.59. The molecule has 1 unspecified atom stereocenters. The molecule has 0 aromatic carbocycles. The van der Waals surface area contributed by atoms with Crippen molar-refractivity contribution in [3.8, 4) is 0 Å². The zero-order chi connectivity index (χ0) is 10.8. The molecule has 1 nitrogen and oxygen atoms in total. The number of aromatic nitrogens is 1. The van der Waals surface area contributed by atoms with E-state index in [4.69, 9.17) is 0 Å². The fourth-order valence-electron chi connectivity index (χ4n) is 1.03. The zero-order valence-electron chi connectivity index (χ0n) is 7.67. The van der Waals surface area contributed by atoms with Gasteiger partial charge in [0.25, 0.3) is 0 Å². The summed E-state index contributed by atoms with van der Waals surface area (Å²) in [6.45, 7) is 2.00. The van der Waals surface area contributed by atoms with Gasteiger partial charge in [0.15, 0.2) is 0 Å². The van der Waals surface area contributed by atoms with E-state index in [1.165, 1.54) is 29.1 Å². The van der Waals surface area contributed by atoms with Crippen molar-refractivity contribution < 1.29 is 13.2 Å². The predicted molar refractivity (Wildman–Crippen MR) is 50.8 cm³/mol. The molecule has 0 N–H and O–H groups in total. The molecule has 0 radical (unpaired) electrons. The average Bonchev–Trinajstić information content (AvgIpc) is 2.15. The van der Waals surface area contributed by atoms with E-state index < -0.39 is 11.9 Å². The quantitative estimate of drug-likeness (QED) is 0.747. The molecule has 1 aromatic rings. The van der Waals surface area contributed by atoms with Crippen LogP contribution < -0.4 is 0 Å². The second-order valence-electron chi connectivity index (χ2n) is 2.99. The normalized spacial score (nSPS) is 14.1. The molecule has 0 aliphatic carbocycles. The summed E-state index contributed by atoms with van der Waals surface area (Å²) in [7, 11) is 0. The van der Waals surface area contributed by atoms with Crippen LogP contribution in [0.15, 0.2) is 18.3 Å². The summed E-state index contributed by atoms with van der Waals surface area (Å²) in [5.74, 6) is 0. The van der Waals surface area contributed by atoms with E-state index in [9.17, 15) is 13.2 Å². The van der Waals surface area contributed by atoms with Crippen LogP contribution in [-0.2, 0) is 6.18 Å². The minimum atomic E-state index is -4.33. The molecule has 0 bridgehead atoms. The van der Waals surface area contributed by atoms with Crippen molar-refractivity contribution >= 4 is 16.9 Å². The molecule has 0 aliphatic heterocycles. The van der Waals surface area contributed by atoms with Gasteiger partial charge < -0.3 is 0 Å². The van der Waals surface area contributed by atoms with Gasteiger partial charge in [-0.25, -0.2) is 0 Å². The number of halogens is 3. The van der Waals surface area contributed by atoms with Gasteiger partial charge in [-0.15, -0.1) is 0 Å². The van der Waals surface area contributed by atoms with Crippen molar-refractivity contribution in [3.05, 3.63) is 29.6 Å². The number of rotatable bonds is 2. The van der Waals surface area contributed by atoms with Crippen LogP contribution in [0.4, 0.5) is 13.2 Å². The Hall–Kier alpha value is -0.502. The third kappa shape index (κ3) is 2.74. The Bertz CT molecular complexity index is 294. The first-order valence-corrected chi connectivity index (χ1v) is 5.63. The number of pyridine rings is 1. The molecule has 0 fully saturated rings. The van der Waals surface area contributed by atoms with Crippen molar-refractivity contribution in [3.63, 3.8) is 0 Å². The first-order valence-electron chi connectivity index (χ1n) is 4.24. The molecule has 1 rings (SSSR count). The monoisotopic (exact) mass is 265 g/mol. The number of alkyl halides is 3. The van der Waals surface area contributed by atoms with Crippen molar-refractivity contribution in [2.24, 2.45) is 0 Å². The summed E-state index contributed by atoms with van der Waals surface area (Å²) in [5, 5.41) is 0. The Labute approximate surface area is 89.2 Å². The van der Waals surface area contributed by atoms with E-state index >= 15 is 0 Å². The molecule has 5 heteroatoms. The van der Waals surface area contributed by atoms with Crippen LogP contribution in [0.5, 0.6) is 0 Å². The summed E-state index contributed by atoms with van der Waals surface area (Å²) in [6.07, 6.45) is -2.09. The number of hydrogen-bond acceptors (Lipinski definition) is 1. The molecule has 0 saturated carbocycles. The number of nitrogens with zero attached hydrogens (tertiary/aromatic N) is 1. The summed E-state index contributed by atoms with van der Waals surface area (Å²) in [6, 6.07) is 2.54. The van der Waals surface area contributed by atoms with E-state index in [0.717, 1.165) is 18.1 Å². The molecule has 0 aliphatic rings. The van der Waals surface area contributed by atoms with Gasteiger partial charge >= 0.3 is 88.8 Å². The molecular weight excluding hydrogens is 254 g/mol. The van der Waals surface area contributed by atoms with Crippen LogP contribution in [0.25, 0.3) is 0 Å². The molecule has 0 saturated heterocycles. The topological polar surface area (TPSA) is 12.9 Å². The molecular formula is C9H11AsF3N. The predicted octanol–water partition coefficient (Wildman–Crippen LogP) is 2.18. The fourth-order valence-corrected chi connectivity index (χ4v) is 1.44. The molecule has 0 amide bonds. The Morgan fingerprint density at radius 2 is 2.07 bits per heavy atom. The van der Waals surface area contributed by atoms with Crippen LogP contribution in [-0.4, -0.2) is 21.8 Å². The molecule has 1 aromatic heterocycles. The van der Waals surface area contributed by atoms with Gasteiger partial charge in [-0.05, 0) is 0 Å². The maximum atomic E-state index is 12.1. The third-order valence-corrected chi connectivity index (χ3v) is 3.74. The third-order valence-electron chi connectivity index (χ3n) is 1.94. The molecule has 1 heterocycles. The molecule has 2 atom stereocenters. The van der Waals surface area contributed by atoms with Crippen molar-refractivity contribution in [1.82, 2.24) is 4.98 Å².